The molecule has 2 heterocycles. The molecule has 1 aromatic rings. The van der Waals surface area contributed by atoms with Crippen molar-refractivity contribution in [3.63, 3.8) is 0 Å². The fraction of sp³-hybridized carbons (Fsp3) is 0.286. The standard InChI is InChI=1S/C7H9BN4O2S/c8-4-2-14-7-6(11-4)3(9)1-5(12-7)15(10)13/h1,4,11H,2,10H2,(H2,9,12). The van der Waals surface area contributed by atoms with Gasteiger partial charge in [-0.3, -0.25) is 0 Å². The number of ether oxygens (including phenoxy) is 1. The van der Waals surface area contributed by atoms with Crippen LogP contribution in [-0.4, -0.2) is 29.9 Å². The highest BCUT2D eigenvalue weighted by atomic mass is 32.2. The van der Waals surface area contributed by atoms with E-state index in [1.54, 1.807) is 0 Å². The van der Waals surface area contributed by atoms with Crippen molar-refractivity contribution in [1.29, 1.82) is 0 Å². The van der Waals surface area contributed by atoms with Gasteiger partial charge in [0.2, 0.25) is 5.88 Å². The largest absolute Gasteiger partial charge is 0.592 e. The van der Waals surface area contributed by atoms with E-state index in [9.17, 15) is 4.55 Å². The molecule has 2 unspecified atom stereocenters. The van der Waals surface area contributed by atoms with E-state index >= 15 is 0 Å². The maximum absolute atomic E-state index is 11.0. The lowest BCUT2D eigenvalue weighted by Crippen LogP contribution is -2.33. The van der Waals surface area contributed by atoms with Crippen molar-refractivity contribution in [1.82, 2.24) is 4.98 Å². The predicted molar refractivity (Wildman–Crippen MR) is 57.9 cm³/mol. The first-order valence-electron chi connectivity index (χ1n) is 4.19. The number of hydrogen-bond acceptors (Lipinski definition) is 6. The van der Waals surface area contributed by atoms with Gasteiger partial charge in [-0.2, -0.15) is 4.98 Å². The number of nitrogens with zero attached hydrogens (tertiary/aromatic N) is 1. The van der Waals surface area contributed by atoms with Gasteiger partial charge in [0.25, 0.3) is 5.03 Å². The fourth-order valence-corrected chi connectivity index (χ4v) is 1.68. The molecule has 0 saturated carbocycles. The normalized spacial score (nSPS) is 21.1. The lowest BCUT2D eigenvalue weighted by molar-refractivity contribution is 0.297. The summed E-state index contributed by atoms with van der Waals surface area (Å²) in [6, 6.07) is 1.43. The number of nitrogens with one attached hydrogen (secondary N) is 1. The minimum Gasteiger partial charge on any atom is -0.592 e. The summed E-state index contributed by atoms with van der Waals surface area (Å²) in [6.07, 6.45) is 0. The molecule has 0 aromatic carbocycles. The van der Waals surface area contributed by atoms with Gasteiger partial charge in [0.05, 0.1) is 17.0 Å². The molecule has 1 aliphatic rings. The Morgan fingerprint density at radius 2 is 2.47 bits per heavy atom. The highest BCUT2D eigenvalue weighted by Crippen LogP contribution is 2.33. The van der Waals surface area contributed by atoms with Gasteiger partial charge < -0.3 is 20.3 Å². The van der Waals surface area contributed by atoms with Gasteiger partial charge >= 0.3 is 0 Å². The molecule has 5 N–H and O–H groups in total. The summed E-state index contributed by atoms with van der Waals surface area (Å²) < 4.78 is 16.3. The molecule has 15 heavy (non-hydrogen) atoms. The van der Waals surface area contributed by atoms with E-state index in [0.717, 1.165) is 0 Å². The average molecular weight is 224 g/mol. The third-order valence-electron chi connectivity index (χ3n) is 1.93. The fourth-order valence-electron chi connectivity index (χ4n) is 1.27. The van der Waals surface area contributed by atoms with Crippen LogP contribution in [0.15, 0.2) is 11.1 Å². The number of nitrogens with two attached hydrogens (primary N) is 2. The van der Waals surface area contributed by atoms with Crippen LogP contribution in [0, 0.1) is 0 Å². The molecule has 0 saturated heterocycles. The van der Waals surface area contributed by atoms with Gasteiger partial charge in [-0.15, -0.1) is 5.14 Å². The maximum atomic E-state index is 11.0. The van der Waals surface area contributed by atoms with Crippen LogP contribution in [0.5, 0.6) is 5.88 Å². The van der Waals surface area contributed by atoms with Gasteiger partial charge in [0, 0.05) is 12.0 Å². The Hall–Kier alpha value is -1.12. The van der Waals surface area contributed by atoms with Crippen LogP contribution in [0.2, 0.25) is 0 Å². The Balaban J connectivity index is 2.43. The highest BCUT2D eigenvalue weighted by Gasteiger charge is 2.22. The van der Waals surface area contributed by atoms with Crippen molar-refractivity contribution in [2.24, 2.45) is 5.14 Å². The second-order valence-corrected chi connectivity index (χ2v) is 4.10. The van der Waals surface area contributed by atoms with E-state index in [4.69, 9.17) is 23.5 Å². The molecule has 0 spiro atoms. The first-order chi connectivity index (χ1) is 7.08. The number of anilines is 2. The Morgan fingerprint density at radius 1 is 1.73 bits per heavy atom. The molecule has 0 amide bonds. The van der Waals surface area contributed by atoms with Gasteiger partial charge in [0.15, 0.2) is 0 Å². The van der Waals surface area contributed by atoms with Crippen LogP contribution in [0.25, 0.3) is 0 Å². The molecule has 78 valence electrons. The van der Waals surface area contributed by atoms with Crippen LogP contribution < -0.4 is 20.9 Å². The second-order valence-electron chi connectivity index (χ2n) is 3.09. The lowest BCUT2D eigenvalue weighted by Gasteiger charge is -2.25. The van der Waals surface area contributed by atoms with Crippen LogP contribution in [-0.2, 0) is 11.4 Å². The highest BCUT2D eigenvalue weighted by molar-refractivity contribution is 7.89. The molecule has 8 heteroatoms. The number of fused-ring (bicyclic) bond motifs is 1. The summed E-state index contributed by atoms with van der Waals surface area (Å²) in [5.74, 6) is -0.0404. The smallest absolute Gasteiger partial charge is 0.270 e. The topological polar surface area (TPSA) is 109 Å². The van der Waals surface area contributed by atoms with Crippen LogP contribution in [0.4, 0.5) is 11.4 Å². The van der Waals surface area contributed by atoms with Crippen LogP contribution in [0.1, 0.15) is 0 Å². The Morgan fingerprint density at radius 3 is 3.13 bits per heavy atom. The van der Waals surface area contributed by atoms with E-state index in [2.05, 4.69) is 10.3 Å². The number of hydrogen-bond donors (Lipinski definition) is 3. The summed E-state index contributed by atoms with van der Waals surface area (Å²) >= 11 is -1.68. The Labute approximate surface area is 91.1 Å². The molecule has 1 aliphatic heterocycles. The number of nitrogen functional groups attached to an aromatic ring is 1. The predicted octanol–water partition coefficient (Wildman–Crippen LogP) is -1.06. The van der Waals surface area contributed by atoms with Crippen LogP contribution >= 0.6 is 0 Å². The van der Waals surface area contributed by atoms with Crippen molar-refractivity contribution in [3.8, 4) is 5.88 Å². The van der Waals surface area contributed by atoms with Gasteiger partial charge in [0.1, 0.15) is 20.1 Å². The molecule has 2 radical (unpaired) electrons. The molecule has 1 aromatic heterocycles. The zero-order chi connectivity index (χ0) is 11.0. The molecular weight excluding hydrogens is 215 g/mol. The molecule has 0 bridgehead atoms. The number of pyridine rings is 1. The lowest BCUT2D eigenvalue weighted by atomic mass is 9.96. The maximum Gasteiger partial charge on any atom is 0.270 e. The summed E-state index contributed by atoms with van der Waals surface area (Å²) in [5.41, 5.74) is 6.60. The van der Waals surface area contributed by atoms with Gasteiger partial charge in [-0.1, -0.05) is 0 Å². The number of aromatic nitrogens is 1. The molecule has 0 fully saturated rings. The van der Waals surface area contributed by atoms with Crippen molar-refractivity contribution in [3.05, 3.63) is 6.07 Å². The van der Waals surface area contributed by atoms with E-state index in [1.807, 2.05) is 0 Å². The summed E-state index contributed by atoms with van der Waals surface area (Å²) in [5, 5.41) is 8.30. The molecule has 2 atom stereocenters. The molecule has 2 rings (SSSR count). The van der Waals surface area contributed by atoms with E-state index in [-0.39, 0.29) is 23.5 Å². The summed E-state index contributed by atoms with van der Waals surface area (Å²) in [4.78, 5) is 3.96. The van der Waals surface area contributed by atoms with Gasteiger partial charge in [-0.05, 0) is 0 Å². The monoisotopic (exact) mass is 224 g/mol. The summed E-state index contributed by atoms with van der Waals surface area (Å²) in [6.45, 7) is 0.278. The van der Waals surface area contributed by atoms with Gasteiger partial charge in [-0.25, -0.2) is 0 Å². The quantitative estimate of drug-likeness (QED) is 0.414. The third kappa shape index (κ3) is 1.96. The summed E-state index contributed by atoms with van der Waals surface area (Å²) in [7, 11) is 5.61. The Kier molecular flexibility index (Phi) is 2.64. The zero-order valence-corrected chi connectivity index (χ0v) is 8.58. The minimum atomic E-state index is -1.68. The molecular formula is C7H9BN4O2S. The van der Waals surface area contributed by atoms with Crippen LogP contribution in [0.3, 0.4) is 0 Å². The first-order valence-corrected chi connectivity index (χ1v) is 5.41. The molecule has 6 nitrogen and oxygen atoms in total. The number of rotatable bonds is 1. The van der Waals surface area contributed by atoms with E-state index < -0.39 is 11.4 Å². The average Bonchev–Trinajstić information content (AvgIpc) is 2.18. The Bertz CT molecular complexity index is 389. The zero-order valence-electron chi connectivity index (χ0n) is 7.77. The molecule has 0 aliphatic carbocycles. The van der Waals surface area contributed by atoms with Crippen molar-refractivity contribution in [2.75, 3.05) is 17.7 Å². The van der Waals surface area contributed by atoms with Crippen molar-refractivity contribution < 1.29 is 9.29 Å². The SMILES string of the molecule is [B]C1COc2nc([S+](N)[O-])cc(N)c2N1. The van der Waals surface area contributed by atoms with Crippen molar-refractivity contribution in [2.45, 2.75) is 11.0 Å². The van der Waals surface area contributed by atoms with E-state index in [0.29, 0.717) is 11.4 Å². The first kappa shape index (κ1) is 10.4. The third-order valence-corrected chi connectivity index (χ3v) is 2.55. The second kappa shape index (κ2) is 3.80. The van der Waals surface area contributed by atoms with Crippen molar-refractivity contribution >= 4 is 30.6 Å². The van der Waals surface area contributed by atoms with E-state index in [1.165, 1.54) is 6.07 Å². The minimum absolute atomic E-state index is 0.184.